The molecule has 0 spiro atoms. The number of rotatable bonds is 0. The highest BCUT2D eigenvalue weighted by atomic mass is 16.5. The molecule has 2 aliphatic heterocycles. The molecule has 0 aromatic heterocycles. The number of aliphatic hydroxyl groups excluding tert-OH is 1. The van der Waals surface area contributed by atoms with Crippen LogP contribution in [0, 0.1) is 0 Å². The number of carbonyl (C=O) groups excluding carboxylic acids is 1. The summed E-state index contributed by atoms with van der Waals surface area (Å²) in [4.78, 5) is 25.1. The van der Waals surface area contributed by atoms with Crippen molar-refractivity contribution in [1.29, 1.82) is 0 Å². The Morgan fingerprint density at radius 3 is 3.00 bits per heavy atom. The smallest absolute Gasteiger partial charge is 0.394 e. The summed E-state index contributed by atoms with van der Waals surface area (Å²) in [5.41, 5.74) is 0. The Bertz CT molecular complexity index is 356. The van der Waals surface area contributed by atoms with Crippen LogP contribution in [0.15, 0.2) is 4.99 Å². The molecule has 0 unspecified atom stereocenters. The van der Waals surface area contributed by atoms with Crippen LogP contribution in [0.4, 0.5) is 0 Å². The molecule has 0 aromatic rings. The third kappa shape index (κ3) is 2.12. The molecule has 3 atom stereocenters. The summed E-state index contributed by atoms with van der Waals surface area (Å²) in [7, 11) is 0. The topological polar surface area (TPSA) is 120 Å². The summed E-state index contributed by atoms with van der Waals surface area (Å²) in [5, 5.41) is 22.6. The van der Waals surface area contributed by atoms with Crippen molar-refractivity contribution in [3.05, 3.63) is 0 Å². The molecule has 0 aliphatic carbocycles. The van der Waals surface area contributed by atoms with E-state index < -0.39 is 30.3 Å². The Morgan fingerprint density at radius 2 is 2.31 bits per heavy atom. The van der Waals surface area contributed by atoms with Gasteiger partial charge in [0.1, 0.15) is 12.3 Å². The van der Waals surface area contributed by atoms with Gasteiger partial charge in [0.25, 0.3) is 0 Å². The SMILES string of the molecule is O=C(O)C(=O)NC1=NC[C@H]2O[C@H](C[C@@H]2O)N1. The zero-order valence-electron chi connectivity index (χ0n) is 8.21. The van der Waals surface area contributed by atoms with Gasteiger partial charge >= 0.3 is 11.9 Å². The van der Waals surface area contributed by atoms with Gasteiger partial charge in [-0.3, -0.25) is 15.1 Å². The standard InChI is InChI=1S/C8H11N3O5/c12-3-1-5-10-8(9-2-4(3)16-5)11-6(13)7(14)15/h3-5,12H,1-2H2,(H,14,15)(H2,9,10,11,13)/t3-,4+,5+/m0/s1. The molecule has 8 nitrogen and oxygen atoms in total. The fraction of sp³-hybridized carbons (Fsp3) is 0.625. The third-order valence-electron chi connectivity index (χ3n) is 2.38. The summed E-state index contributed by atoms with van der Waals surface area (Å²) in [6.07, 6.45) is -1.06. The maximum Gasteiger partial charge on any atom is 0.394 e. The van der Waals surface area contributed by atoms with Crippen molar-refractivity contribution in [1.82, 2.24) is 10.6 Å². The van der Waals surface area contributed by atoms with Gasteiger partial charge in [-0.2, -0.15) is 0 Å². The van der Waals surface area contributed by atoms with Gasteiger partial charge in [0.15, 0.2) is 0 Å². The lowest BCUT2D eigenvalue weighted by atomic mass is 10.2. The van der Waals surface area contributed by atoms with Crippen LogP contribution in [0.2, 0.25) is 0 Å². The molecular formula is C8H11N3O5. The van der Waals surface area contributed by atoms with E-state index in [9.17, 15) is 14.7 Å². The quantitative estimate of drug-likeness (QED) is 0.344. The van der Waals surface area contributed by atoms with Gasteiger partial charge in [-0.1, -0.05) is 0 Å². The lowest BCUT2D eigenvalue weighted by Gasteiger charge is -2.13. The van der Waals surface area contributed by atoms with E-state index in [1.807, 2.05) is 0 Å². The number of ether oxygens (including phenoxy) is 1. The Balaban J connectivity index is 2.00. The van der Waals surface area contributed by atoms with E-state index in [0.29, 0.717) is 6.42 Å². The van der Waals surface area contributed by atoms with Crippen LogP contribution in [-0.4, -0.2) is 53.0 Å². The van der Waals surface area contributed by atoms with Crippen LogP contribution >= 0.6 is 0 Å². The number of amides is 1. The molecule has 0 aromatic carbocycles. The van der Waals surface area contributed by atoms with Crippen LogP contribution in [0.5, 0.6) is 0 Å². The summed E-state index contributed by atoms with van der Waals surface area (Å²) in [5.74, 6) is -2.68. The predicted molar refractivity (Wildman–Crippen MR) is 50.5 cm³/mol. The number of aliphatic imine (C=N–C) groups is 1. The molecule has 88 valence electrons. The third-order valence-corrected chi connectivity index (χ3v) is 2.38. The van der Waals surface area contributed by atoms with Crippen molar-refractivity contribution in [3.8, 4) is 0 Å². The Kier molecular flexibility index (Phi) is 2.75. The first-order valence-corrected chi connectivity index (χ1v) is 4.75. The molecule has 2 rings (SSSR count). The average molecular weight is 229 g/mol. The molecule has 1 saturated heterocycles. The number of hydrogen-bond donors (Lipinski definition) is 4. The largest absolute Gasteiger partial charge is 0.474 e. The first-order valence-electron chi connectivity index (χ1n) is 4.75. The van der Waals surface area contributed by atoms with E-state index in [1.165, 1.54) is 0 Å². The van der Waals surface area contributed by atoms with E-state index in [-0.39, 0.29) is 12.5 Å². The number of guanidine groups is 1. The maximum atomic E-state index is 10.9. The molecule has 0 saturated carbocycles. The minimum atomic E-state index is -1.58. The predicted octanol–water partition coefficient (Wildman–Crippen LogP) is -2.38. The van der Waals surface area contributed by atoms with Crippen molar-refractivity contribution in [2.75, 3.05) is 6.54 Å². The number of aliphatic hydroxyl groups is 1. The second-order valence-electron chi connectivity index (χ2n) is 3.56. The minimum Gasteiger partial charge on any atom is -0.474 e. The Morgan fingerprint density at radius 1 is 1.56 bits per heavy atom. The van der Waals surface area contributed by atoms with Gasteiger partial charge < -0.3 is 20.3 Å². The number of carbonyl (C=O) groups is 2. The van der Waals surface area contributed by atoms with Crippen LogP contribution in [-0.2, 0) is 14.3 Å². The van der Waals surface area contributed by atoms with E-state index in [0.717, 1.165) is 0 Å². The lowest BCUT2D eigenvalue weighted by molar-refractivity contribution is -0.149. The minimum absolute atomic E-state index is 0.0619. The molecule has 8 heteroatoms. The molecule has 1 fully saturated rings. The van der Waals surface area contributed by atoms with Gasteiger partial charge in [-0.05, 0) is 0 Å². The van der Waals surface area contributed by atoms with Gasteiger partial charge in [-0.15, -0.1) is 0 Å². The number of carboxylic acid groups (broad SMARTS) is 1. The number of carboxylic acids is 1. The van der Waals surface area contributed by atoms with Crippen molar-refractivity contribution >= 4 is 17.8 Å². The second kappa shape index (κ2) is 4.06. The van der Waals surface area contributed by atoms with Crippen LogP contribution < -0.4 is 10.6 Å². The molecule has 0 radical (unpaired) electrons. The molecule has 16 heavy (non-hydrogen) atoms. The van der Waals surface area contributed by atoms with Gasteiger partial charge in [0, 0.05) is 6.42 Å². The number of fused-ring (bicyclic) bond motifs is 2. The van der Waals surface area contributed by atoms with Crippen LogP contribution in [0.3, 0.4) is 0 Å². The van der Waals surface area contributed by atoms with E-state index in [2.05, 4.69) is 15.6 Å². The summed E-state index contributed by atoms with van der Waals surface area (Å²) >= 11 is 0. The van der Waals surface area contributed by atoms with E-state index in [1.54, 1.807) is 0 Å². The average Bonchev–Trinajstić information content (AvgIpc) is 2.43. The highest BCUT2D eigenvalue weighted by Gasteiger charge is 2.36. The fourth-order valence-electron chi connectivity index (χ4n) is 1.60. The molecule has 2 aliphatic rings. The zero-order chi connectivity index (χ0) is 11.7. The van der Waals surface area contributed by atoms with Gasteiger partial charge in [-0.25, -0.2) is 4.79 Å². The van der Waals surface area contributed by atoms with Crippen LogP contribution in [0.1, 0.15) is 6.42 Å². The fourth-order valence-corrected chi connectivity index (χ4v) is 1.60. The monoisotopic (exact) mass is 229 g/mol. The van der Waals surface area contributed by atoms with Gasteiger partial charge in [0.2, 0.25) is 5.96 Å². The summed E-state index contributed by atoms with van der Waals surface area (Å²) < 4.78 is 5.33. The number of hydrogen-bond acceptors (Lipinski definition) is 6. The zero-order valence-corrected chi connectivity index (χ0v) is 8.21. The lowest BCUT2D eigenvalue weighted by Crippen LogP contribution is -2.47. The van der Waals surface area contributed by atoms with Crippen molar-refractivity contribution < 1.29 is 24.5 Å². The number of nitrogens with zero attached hydrogens (tertiary/aromatic N) is 1. The highest BCUT2D eigenvalue weighted by Crippen LogP contribution is 2.20. The van der Waals surface area contributed by atoms with Crippen molar-refractivity contribution in [2.45, 2.75) is 24.9 Å². The Hall–Kier alpha value is -1.67. The highest BCUT2D eigenvalue weighted by molar-refractivity contribution is 6.34. The molecular weight excluding hydrogens is 218 g/mol. The Labute approximate surface area is 90.3 Å². The van der Waals surface area contributed by atoms with Gasteiger partial charge in [0.05, 0.1) is 12.6 Å². The normalized spacial score (nSPS) is 32.3. The second-order valence-corrected chi connectivity index (χ2v) is 3.56. The number of nitrogens with one attached hydrogen (secondary N) is 2. The molecule has 4 N–H and O–H groups in total. The maximum absolute atomic E-state index is 10.9. The first kappa shape index (κ1) is 10.8. The summed E-state index contributed by atoms with van der Waals surface area (Å²) in [6.45, 7) is 0.180. The molecule has 2 bridgehead atoms. The van der Waals surface area contributed by atoms with Crippen molar-refractivity contribution in [2.24, 2.45) is 4.99 Å². The van der Waals surface area contributed by atoms with Crippen molar-refractivity contribution in [3.63, 3.8) is 0 Å². The number of aliphatic carboxylic acids is 1. The van der Waals surface area contributed by atoms with E-state index in [4.69, 9.17) is 9.84 Å². The molecule has 1 amide bonds. The van der Waals surface area contributed by atoms with E-state index >= 15 is 0 Å². The summed E-state index contributed by atoms with van der Waals surface area (Å²) in [6, 6.07) is 0. The molecule has 2 heterocycles. The van der Waals surface area contributed by atoms with Crippen LogP contribution in [0.25, 0.3) is 0 Å². The first-order chi connectivity index (χ1) is 7.56.